The Hall–Kier alpha value is -2.88. The van der Waals surface area contributed by atoms with E-state index < -0.39 is 23.9 Å². The van der Waals surface area contributed by atoms with Gasteiger partial charge in [0.15, 0.2) is 0 Å². The van der Waals surface area contributed by atoms with Crippen LogP contribution in [0.3, 0.4) is 0 Å². The van der Waals surface area contributed by atoms with E-state index in [0.717, 1.165) is 38.5 Å². The van der Waals surface area contributed by atoms with Crippen LogP contribution >= 0.6 is 0 Å². The quantitative estimate of drug-likeness (QED) is 0.0743. The van der Waals surface area contributed by atoms with E-state index >= 15 is 0 Å². The van der Waals surface area contributed by atoms with Crippen molar-refractivity contribution in [2.75, 3.05) is 13.2 Å². The van der Waals surface area contributed by atoms with E-state index in [0.29, 0.717) is 13.2 Å². The monoisotopic (exact) mass is 790 g/mol. The minimum Gasteiger partial charge on any atom is -0.545 e. The van der Waals surface area contributed by atoms with Gasteiger partial charge >= 0.3 is 35.8 Å². The molecule has 2 aromatic carbocycles. The first kappa shape index (κ1) is 50.5. The van der Waals surface area contributed by atoms with Gasteiger partial charge in [0.05, 0.1) is 36.3 Å². The summed E-state index contributed by atoms with van der Waals surface area (Å²) in [6.07, 6.45) is 18.5. The zero-order chi connectivity index (χ0) is 36.4. The molecular formula is C40H62O8Sn. The van der Waals surface area contributed by atoms with E-state index in [9.17, 15) is 29.4 Å². The maximum Gasteiger partial charge on any atom is 2.00 e. The second-order valence-corrected chi connectivity index (χ2v) is 11.5. The molecule has 0 amide bonds. The summed E-state index contributed by atoms with van der Waals surface area (Å²) in [5.41, 5.74) is -0.141. The SMILES string of the molecule is CCCC.CCCC.CCCCCCCCOC(=O)c1ccccc1C(=O)[O-].CCCCCCCCOC(=O)c1ccccc1C(=O)[O-].[Sn+2]. The zero-order valence-electron chi connectivity index (χ0n) is 31.1. The van der Waals surface area contributed by atoms with Crippen LogP contribution in [-0.4, -0.2) is 61.0 Å². The number of carbonyl (C=O) groups is 4. The minimum atomic E-state index is -1.36. The average molecular weight is 790 g/mol. The van der Waals surface area contributed by atoms with E-state index in [2.05, 4.69) is 41.5 Å². The van der Waals surface area contributed by atoms with Crippen molar-refractivity contribution in [3.63, 3.8) is 0 Å². The molecule has 0 unspecified atom stereocenters. The van der Waals surface area contributed by atoms with Crippen LogP contribution in [0.25, 0.3) is 0 Å². The third-order valence-corrected chi connectivity index (χ3v) is 7.20. The molecule has 0 aromatic heterocycles. The number of aromatic carboxylic acids is 2. The molecule has 0 heterocycles. The summed E-state index contributed by atoms with van der Waals surface area (Å²) in [5.74, 6) is -3.93. The van der Waals surface area contributed by atoms with Crippen LogP contribution in [0.5, 0.6) is 0 Å². The van der Waals surface area contributed by atoms with E-state index in [1.54, 1.807) is 24.3 Å². The number of rotatable bonds is 20. The van der Waals surface area contributed by atoms with Crippen LogP contribution in [0.15, 0.2) is 48.5 Å². The molecule has 0 bridgehead atoms. The summed E-state index contributed by atoms with van der Waals surface area (Å²) in [5, 5.41) is 21.8. The molecule has 9 heteroatoms. The fourth-order valence-corrected chi connectivity index (χ4v) is 3.93. The van der Waals surface area contributed by atoms with Gasteiger partial charge in [-0.25, -0.2) is 9.59 Å². The standard InChI is InChI=1S/2C16H22O4.2C4H10.Sn/c2*1-2-3-4-5-6-9-12-20-16(19)14-11-8-7-10-13(14)15(17)18;2*1-3-4-2;/h2*7-8,10-11H,2-6,9,12H2,1H3,(H,17,18);2*3-4H2,1-2H3;/q;;;;+2/p-2. The second-order valence-electron chi connectivity index (χ2n) is 11.5. The number of carbonyl (C=O) groups excluding carboxylic acids is 4. The smallest absolute Gasteiger partial charge is 0.545 e. The fourth-order valence-electron chi connectivity index (χ4n) is 3.93. The Morgan fingerprint density at radius 2 is 0.694 bits per heavy atom. The summed E-state index contributed by atoms with van der Waals surface area (Å²) >= 11 is 0. The Bertz CT molecular complexity index is 1030. The number of esters is 2. The van der Waals surface area contributed by atoms with E-state index in [4.69, 9.17) is 9.47 Å². The maximum absolute atomic E-state index is 11.8. The summed E-state index contributed by atoms with van der Waals surface area (Å²) < 4.78 is 10.2. The van der Waals surface area contributed by atoms with E-state index in [1.165, 1.54) is 88.5 Å². The van der Waals surface area contributed by atoms with Gasteiger partial charge in [-0.1, -0.05) is 168 Å². The van der Waals surface area contributed by atoms with Crippen molar-refractivity contribution in [3.8, 4) is 0 Å². The molecule has 0 aliphatic rings. The fraction of sp³-hybridized carbons (Fsp3) is 0.600. The summed E-state index contributed by atoms with van der Waals surface area (Å²) in [6.45, 7) is 13.7. The van der Waals surface area contributed by atoms with Gasteiger partial charge in [0.25, 0.3) is 0 Å². The Labute approximate surface area is 313 Å². The van der Waals surface area contributed by atoms with Gasteiger partial charge in [-0.05, 0) is 25.0 Å². The number of carboxylic acids is 2. The van der Waals surface area contributed by atoms with E-state index in [1.807, 2.05) is 0 Å². The van der Waals surface area contributed by atoms with Crippen LogP contribution in [0.4, 0.5) is 0 Å². The van der Waals surface area contributed by atoms with Crippen molar-refractivity contribution in [2.24, 2.45) is 0 Å². The molecule has 0 aliphatic carbocycles. The molecule has 8 nitrogen and oxygen atoms in total. The molecule has 0 saturated carbocycles. The Balaban J connectivity index is -0.000000696. The molecule has 0 N–H and O–H groups in total. The number of ether oxygens (including phenoxy) is 2. The molecule has 274 valence electrons. The minimum absolute atomic E-state index is 0. The zero-order valence-corrected chi connectivity index (χ0v) is 34.0. The van der Waals surface area contributed by atoms with Crippen LogP contribution in [0, 0.1) is 0 Å². The summed E-state index contributed by atoms with van der Waals surface area (Å²) in [7, 11) is 0. The van der Waals surface area contributed by atoms with Gasteiger partial charge in [0.1, 0.15) is 0 Å². The number of unbranched alkanes of at least 4 members (excludes halogenated alkanes) is 12. The predicted octanol–water partition coefficient (Wildman–Crippen LogP) is 8.37. The number of benzene rings is 2. The largest absolute Gasteiger partial charge is 2.00 e. The Morgan fingerprint density at radius 3 is 0.959 bits per heavy atom. The molecule has 2 aromatic rings. The van der Waals surface area contributed by atoms with Crippen molar-refractivity contribution in [3.05, 3.63) is 70.8 Å². The van der Waals surface area contributed by atoms with Crippen molar-refractivity contribution in [1.82, 2.24) is 0 Å². The molecule has 0 saturated heterocycles. The molecule has 2 rings (SSSR count). The molecule has 49 heavy (non-hydrogen) atoms. The molecule has 0 atom stereocenters. The first-order chi connectivity index (χ1) is 23.2. The first-order valence-corrected chi connectivity index (χ1v) is 18.1. The molecule has 0 aliphatic heterocycles. The number of hydrogen-bond donors (Lipinski definition) is 0. The molecule has 2 radical (unpaired) electrons. The number of carboxylic acid groups (broad SMARTS) is 2. The number of hydrogen-bond acceptors (Lipinski definition) is 8. The first-order valence-electron chi connectivity index (χ1n) is 18.1. The predicted molar refractivity (Wildman–Crippen MR) is 196 cm³/mol. The third kappa shape index (κ3) is 27.6. The van der Waals surface area contributed by atoms with Crippen molar-refractivity contribution in [2.45, 2.75) is 144 Å². The second kappa shape index (κ2) is 36.4. The van der Waals surface area contributed by atoms with Gasteiger partial charge in [0.2, 0.25) is 0 Å². The molecule has 0 fully saturated rings. The Kier molecular flexibility index (Phi) is 37.5. The molecule has 0 spiro atoms. The van der Waals surface area contributed by atoms with Crippen molar-refractivity contribution in [1.29, 1.82) is 0 Å². The maximum atomic E-state index is 11.8. The molecular weight excluding hydrogens is 727 g/mol. The third-order valence-electron chi connectivity index (χ3n) is 7.20. The Morgan fingerprint density at radius 1 is 0.429 bits per heavy atom. The van der Waals surface area contributed by atoms with Crippen LogP contribution in [-0.2, 0) is 9.47 Å². The van der Waals surface area contributed by atoms with Crippen molar-refractivity contribution < 1.29 is 38.9 Å². The van der Waals surface area contributed by atoms with Gasteiger partial charge in [-0.3, -0.25) is 0 Å². The van der Waals surface area contributed by atoms with Crippen LogP contribution in [0.1, 0.15) is 186 Å². The van der Waals surface area contributed by atoms with Gasteiger partial charge < -0.3 is 29.3 Å². The average Bonchev–Trinajstić information content (AvgIpc) is 3.11. The summed E-state index contributed by atoms with van der Waals surface area (Å²) in [4.78, 5) is 45.4. The van der Waals surface area contributed by atoms with Gasteiger partial charge in [-0.2, -0.15) is 0 Å². The van der Waals surface area contributed by atoms with Crippen LogP contribution in [0.2, 0.25) is 0 Å². The van der Waals surface area contributed by atoms with Gasteiger partial charge in [-0.15, -0.1) is 0 Å². The normalized spacial score (nSPS) is 9.59. The van der Waals surface area contributed by atoms with Gasteiger partial charge in [0, 0.05) is 11.1 Å². The van der Waals surface area contributed by atoms with E-state index in [-0.39, 0.29) is 46.2 Å². The van der Waals surface area contributed by atoms with Crippen LogP contribution < -0.4 is 10.2 Å². The summed E-state index contributed by atoms with van der Waals surface area (Å²) in [6, 6.07) is 11.9. The topological polar surface area (TPSA) is 133 Å². The van der Waals surface area contributed by atoms with Crippen molar-refractivity contribution >= 4 is 47.8 Å².